The van der Waals surface area contributed by atoms with Gasteiger partial charge in [-0.3, -0.25) is 0 Å². The number of hydrogen-bond acceptors (Lipinski definition) is 5. The minimum absolute atomic E-state index is 0. The average molecular weight is 501 g/mol. The molecule has 4 rings (SSSR count). The number of fused-ring (bicyclic) bond motifs is 1. The molecule has 0 bridgehead atoms. The summed E-state index contributed by atoms with van der Waals surface area (Å²) in [6.45, 7) is 0.935. The highest BCUT2D eigenvalue weighted by atomic mass is 35.5. The SMILES string of the molecule is Cl.O=S(=O)(CCO)NCCOc1ccc2c(c1)C(C1(c3ccc(Cl)cc3)CCC1)NCC2. The van der Waals surface area contributed by atoms with Crippen LogP contribution in [-0.2, 0) is 21.9 Å². The smallest absolute Gasteiger partial charge is 0.213 e. The summed E-state index contributed by atoms with van der Waals surface area (Å²) in [6, 6.07) is 14.6. The Morgan fingerprint density at radius 1 is 1.19 bits per heavy atom. The normalized spacial score (nSPS) is 19.4. The maximum atomic E-state index is 11.6. The number of rotatable bonds is 9. The zero-order chi connectivity index (χ0) is 21.9. The van der Waals surface area contributed by atoms with Gasteiger partial charge in [-0.1, -0.05) is 36.2 Å². The lowest BCUT2D eigenvalue weighted by atomic mass is 9.58. The second kappa shape index (κ2) is 10.7. The van der Waals surface area contributed by atoms with E-state index in [2.05, 4.69) is 34.3 Å². The van der Waals surface area contributed by atoms with Gasteiger partial charge in [0.2, 0.25) is 10.0 Å². The fourth-order valence-electron chi connectivity index (χ4n) is 4.76. The molecule has 1 unspecified atom stereocenters. The summed E-state index contributed by atoms with van der Waals surface area (Å²) >= 11 is 6.13. The quantitative estimate of drug-likeness (QED) is 0.459. The van der Waals surface area contributed by atoms with E-state index in [-0.39, 0.29) is 42.8 Å². The van der Waals surface area contributed by atoms with E-state index >= 15 is 0 Å². The van der Waals surface area contributed by atoms with Crippen molar-refractivity contribution in [3.8, 4) is 5.75 Å². The van der Waals surface area contributed by atoms with Crippen molar-refractivity contribution in [2.75, 3.05) is 32.1 Å². The molecule has 2 aromatic carbocycles. The van der Waals surface area contributed by atoms with Gasteiger partial charge in [0.1, 0.15) is 12.4 Å². The third-order valence-corrected chi connectivity index (χ3v) is 8.06. The minimum Gasteiger partial charge on any atom is -0.492 e. The summed E-state index contributed by atoms with van der Waals surface area (Å²) in [5, 5.41) is 13.3. The molecule has 32 heavy (non-hydrogen) atoms. The third kappa shape index (κ3) is 5.41. The maximum Gasteiger partial charge on any atom is 0.213 e. The second-order valence-corrected chi connectivity index (χ2v) is 10.7. The highest BCUT2D eigenvalue weighted by Crippen LogP contribution is 2.53. The molecule has 0 amide bonds. The van der Waals surface area contributed by atoms with Crippen molar-refractivity contribution in [2.45, 2.75) is 37.1 Å². The van der Waals surface area contributed by atoms with Gasteiger partial charge in [-0.05, 0) is 66.8 Å². The molecule has 0 saturated heterocycles. The molecule has 6 nitrogen and oxygen atoms in total. The van der Waals surface area contributed by atoms with Crippen molar-refractivity contribution < 1.29 is 18.3 Å². The Balaban J connectivity index is 0.00000289. The third-order valence-electron chi connectivity index (χ3n) is 6.44. The molecule has 2 aromatic rings. The van der Waals surface area contributed by atoms with Crippen LogP contribution in [0.3, 0.4) is 0 Å². The van der Waals surface area contributed by atoms with Crippen molar-refractivity contribution in [2.24, 2.45) is 0 Å². The first-order valence-corrected chi connectivity index (χ1v) is 12.8. The monoisotopic (exact) mass is 500 g/mol. The summed E-state index contributed by atoms with van der Waals surface area (Å²) in [5.41, 5.74) is 3.97. The lowest BCUT2D eigenvalue weighted by molar-refractivity contribution is 0.164. The number of nitrogens with one attached hydrogen (secondary N) is 2. The number of sulfonamides is 1. The van der Waals surface area contributed by atoms with E-state index in [1.54, 1.807) is 0 Å². The topological polar surface area (TPSA) is 87.7 Å². The van der Waals surface area contributed by atoms with Crippen LogP contribution in [0.4, 0.5) is 0 Å². The molecule has 1 fully saturated rings. The van der Waals surface area contributed by atoms with Gasteiger partial charge in [0.05, 0.1) is 12.4 Å². The van der Waals surface area contributed by atoms with Gasteiger partial charge in [-0.2, -0.15) is 0 Å². The zero-order valence-corrected chi connectivity index (χ0v) is 20.2. The molecular weight excluding hydrogens is 471 g/mol. The van der Waals surface area contributed by atoms with E-state index < -0.39 is 16.6 Å². The maximum absolute atomic E-state index is 11.6. The van der Waals surface area contributed by atoms with Crippen LogP contribution in [0.5, 0.6) is 5.75 Å². The van der Waals surface area contributed by atoms with Crippen molar-refractivity contribution in [1.29, 1.82) is 0 Å². The van der Waals surface area contributed by atoms with Crippen molar-refractivity contribution in [1.82, 2.24) is 10.0 Å². The van der Waals surface area contributed by atoms with E-state index in [9.17, 15) is 8.42 Å². The molecule has 0 radical (unpaired) electrons. The first kappa shape index (κ1) is 25.3. The lowest BCUT2D eigenvalue weighted by Crippen LogP contribution is -2.49. The van der Waals surface area contributed by atoms with Gasteiger partial charge in [0.25, 0.3) is 0 Å². The predicted molar refractivity (Wildman–Crippen MR) is 129 cm³/mol. The first-order chi connectivity index (χ1) is 14.9. The highest BCUT2D eigenvalue weighted by Gasteiger charge is 2.47. The summed E-state index contributed by atoms with van der Waals surface area (Å²) in [5.74, 6) is 0.436. The van der Waals surface area contributed by atoms with E-state index in [0.717, 1.165) is 36.6 Å². The van der Waals surface area contributed by atoms with Gasteiger partial charge in [0.15, 0.2) is 0 Å². The summed E-state index contributed by atoms with van der Waals surface area (Å²) in [4.78, 5) is 0. The van der Waals surface area contributed by atoms with Crippen LogP contribution in [0.2, 0.25) is 5.02 Å². The highest BCUT2D eigenvalue weighted by molar-refractivity contribution is 7.89. The zero-order valence-electron chi connectivity index (χ0n) is 17.8. The number of hydrogen-bond donors (Lipinski definition) is 3. The minimum atomic E-state index is -3.46. The molecule has 176 valence electrons. The van der Waals surface area contributed by atoms with Crippen LogP contribution in [0.1, 0.15) is 42.0 Å². The van der Waals surface area contributed by atoms with Gasteiger partial charge < -0.3 is 15.2 Å². The number of ether oxygens (including phenoxy) is 1. The second-order valence-electron chi connectivity index (χ2n) is 8.30. The Morgan fingerprint density at radius 3 is 2.59 bits per heavy atom. The van der Waals surface area contributed by atoms with Gasteiger partial charge in [-0.15, -0.1) is 12.4 Å². The Hall–Kier alpha value is -1.35. The number of aliphatic hydroxyl groups excluding tert-OH is 1. The van der Waals surface area contributed by atoms with Crippen LogP contribution in [-0.4, -0.2) is 45.6 Å². The fourth-order valence-corrected chi connectivity index (χ4v) is 5.66. The molecule has 1 aliphatic carbocycles. The standard InChI is InChI=1S/C23H29ClN2O4S.ClH/c24-19-5-3-18(4-6-19)23(9-1-10-23)22-21-16-20(7-2-17(21)8-11-25-22)30-14-12-26-31(28,29)15-13-27;/h2-7,16,22,25-27H,1,8-15H2;1H. The Kier molecular flexibility index (Phi) is 8.47. The summed E-state index contributed by atoms with van der Waals surface area (Å²) in [7, 11) is -3.46. The van der Waals surface area contributed by atoms with Gasteiger partial charge in [0, 0.05) is 23.0 Å². The molecule has 1 heterocycles. The molecule has 3 N–H and O–H groups in total. The lowest BCUT2D eigenvalue weighted by Gasteiger charge is -2.50. The molecule has 9 heteroatoms. The molecule has 1 aliphatic heterocycles. The predicted octanol–water partition coefficient (Wildman–Crippen LogP) is 3.36. The van der Waals surface area contributed by atoms with E-state index in [0.29, 0.717) is 0 Å². The molecule has 0 aromatic heterocycles. The van der Waals surface area contributed by atoms with Crippen LogP contribution < -0.4 is 14.8 Å². The first-order valence-electron chi connectivity index (χ1n) is 10.8. The van der Waals surface area contributed by atoms with Crippen LogP contribution in [0.15, 0.2) is 42.5 Å². The van der Waals surface area contributed by atoms with Crippen molar-refractivity contribution in [3.63, 3.8) is 0 Å². The van der Waals surface area contributed by atoms with Gasteiger partial charge >= 0.3 is 0 Å². The van der Waals surface area contributed by atoms with Crippen LogP contribution >= 0.6 is 24.0 Å². The van der Waals surface area contributed by atoms with Crippen molar-refractivity contribution >= 4 is 34.0 Å². The Labute approximate surface area is 201 Å². The van der Waals surface area contributed by atoms with E-state index in [1.807, 2.05) is 18.2 Å². The molecule has 1 atom stereocenters. The summed E-state index contributed by atoms with van der Waals surface area (Å²) < 4.78 is 31.6. The largest absolute Gasteiger partial charge is 0.492 e. The van der Waals surface area contributed by atoms with Gasteiger partial charge in [-0.25, -0.2) is 13.1 Å². The van der Waals surface area contributed by atoms with Crippen molar-refractivity contribution in [3.05, 3.63) is 64.2 Å². The van der Waals surface area contributed by atoms with E-state index in [4.69, 9.17) is 21.4 Å². The fraction of sp³-hybridized carbons (Fsp3) is 0.478. The average Bonchev–Trinajstić information content (AvgIpc) is 2.72. The van der Waals surface area contributed by atoms with E-state index in [1.165, 1.54) is 23.1 Å². The molecule has 2 aliphatic rings. The number of halogens is 2. The van der Waals surface area contributed by atoms with Crippen LogP contribution in [0, 0.1) is 0 Å². The van der Waals surface area contributed by atoms with Crippen LogP contribution in [0.25, 0.3) is 0 Å². The number of benzene rings is 2. The molecule has 1 saturated carbocycles. The summed E-state index contributed by atoms with van der Waals surface area (Å²) in [6.07, 6.45) is 4.44. The number of aliphatic hydroxyl groups is 1. The Morgan fingerprint density at radius 2 is 1.94 bits per heavy atom. The molecule has 0 spiro atoms. The Bertz CT molecular complexity index is 1010. The molecular formula is C23H30Cl2N2O4S.